The van der Waals surface area contributed by atoms with Crippen molar-refractivity contribution in [3.8, 4) is 5.75 Å². The molecule has 9 heteroatoms. The number of pyridine rings is 2. The van der Waals surface area contributed by atoms with Crippen LogP contribution in [0.25, 0.3) is 11.0 Å². The number of hydrogen-bond donors (Lipinski definition) is 1. The Morgan fingerprint density at radius 1 is 1.13 bits per heavy atom. The van der Waals surface area contributed by atoms with E-state index in [1.807, 2.05) is 30.0 Å². The highest BCUT2D eigenvalue weighted by Crippen LogP contribution is 2.31. The monoisotopic (exact) mass is 517 g/mol. The largest absolute Gasteiger partial charge is 0.492 e. The van der Waals surface area contributed by atoms with E-state index >= 15 is 0 Å². The number of piperidine rings is 1. The zero-order valence-electron chi connectivity index (χ0n) is 22.1. The van der Waals surface area contributed by atoms with E-state index in [4.69, 9.17) is 9.72 Å². The molecule has 1 atom stereocenters. The molecule has 0 unspecified atom stereocenters. The molecule has 2 aliphatic heterocycles. The molecule has 0 radical (unpaired) electrons. The summed E-state index contributed by atoms with van der Waals surface area (Å²) >= 11 is 0. The van der Waals surface area contributed by atoms with Gasteiger partial charge in [0.25, 0.3) is 5.91 Å². The van der Waals surface area contributed by atoms with E-state index in [0.717, 1.165) is 48.3 Å². The first kappa shape index (κ1) is 25.9. The highest BCUT2D eigenvalue weighted by molar-refractivity contribution is 5.94. The van der Waals surface area contributed by atoms with Crippen LogP contribution in [-0.2, 0) is 4.79 Å². The van der Waals surface area contributed by atoms with Gasteiger partial charge >= 0.3 is 0 Å². The van der Waals surface area contributed by atoms with Gasteiger partial charge < -0.3 is 24.5 Å². The molecule has 0 bridgehead atoms. The van der Waals surface area contributed by atoms with Crippen molar-refractivity contribution >= 4 is 28.5 Å². The Balaban J connectivity index is 1.19. The Hall–Kier alpha value is -3.72. The number of rotatable bonds is 8. The first-order valence-electron chi connectivity index (χ1n) is 13.3. The molecule has 1 N–H and O–H groups in total. The number of hydrogen-bond acceptors (Lipinski definition) is 7. The third-order valence-corrected chi connectivity index (χ3v) is 7.38. The van der Waals surface area contributed by atoms with E-state index in [1.165, 1.54) is 0 Å². The van der Waals surface area contributed by atoms with Gasteiger partial charge in [-0.1, -0.05) is 0 Å². The van der Waals surface area contributed by atoms with Gasteiger partial charge in [-0.2, -0.15) is 0 Å². The number of aromatic nitrogens is 2. The van der Waals surface area contributed by atoms with Crippen molar-refractivity contribution in [2.45, 2.75) is 38.2 Å². The van der Waals surface area contributed by atoms with Crippen LogP contribution >= 0.6 is 0 Å². The van der Waals surface area contributed by atoms with Gasteiger partial charge in [0.1, 0.15) is 17.9 Å². The molecule has 4 heterocycles. The molecule has 3 aromatic rings. The van der Waals surface area contributed by atoms with Crippen LogP contribution in [0.5, 0.6) is 5.75 Å². The first-order valence-corrected chi connectivity index (χ1v) is 13.3. The van der Waals surface area contributed by atoms with Crippen molar-refractivity contribution < 1.29 is 19.4 Å². The molecule has 200 valence electrons. The van der Waals surface area contributed by atoms with Gasteiger partial charge in [0.05, 0.1) is 29.9 Å². The van der Waals surface area contributed by atoms with Gasteiger partial charge in [-0.25, -0.2) is 4.98 Å². The number of aryl methyl sites for hydroxylation is 1. The number of anilines is 1. The van der Waals surface area contributed by atoms with Crippen molar-refractivity contribution in [2.24, 2.45) is 0 Å². The van der Waals surface area contributed by atoms with Crippen LogP contribution in [0, 0.1) is 6.92 Å². The SMILES string of the molecule is Cc1ccc2nccc(N3CCC[C@@](O)(CN(C)C(=O)c4ccc(OCCN5CCCC5=O)cc4)C3)c2n1. The molecular formula is C29H35N5O4. The van der Waals surface area contributed by atoms with Gasteiger partial charge in [0, 0.05) is 50.6 Å². The van der Waals surface area contributed by atoms with E-state index in [0.29, 0.717) is 43.9 Å². The highest BCUT2D eigenvalue weighted by Gasteiger charge is 2.36. The molecule has 0 saturated carbocycles. The summed E-state index contributed by atoms with van der Waals surface area (Å²) in [7, 11) is 1.73. The fourth-order valence-corrected chi connectivity index (χ4v) is 5.45. The lowest BCUT2D eigenvalue weighted by molar-refractivity contribution is -0.128. The number of carbonyl (C=O) groups excluding carboxylic acids is 2. The lowest BCUT2D eigenvalue weighted by atomic mass is 9.91. The van der Waals surface area contributed by atoms with Gasteiger partial charge in [0.2, 0.25) is 5.91 Å². The number of nitrogens with zero attached hydrogens (tertiary/aromatic N) is 5. The fraction of sp³-hybridized carbons (Fsp3) is 0.448. The molecule has 9 nitrogen and oxygen atoms in total. The Labute approximate surface area is 223 Å². The van der Waals surface area contributed by atoms with Crippen LogP contribution in [0.2, 0.25) is 0 Å². The highest BCUT2D eigenvalue weighted by atomic mass is 16.5. The maximum absolute atomic E-state index is 13.2. The number of aliphatic hydroxyl groups is 1. The smallest absolute Gasteiger partial charge is 0.253 e. The van der Waals surface area contributed by atoms with Gasteiger partial charge in [-0.05, 0) is 68.7 Å². The van der Waals surface area contributed by atoms with Crippen molar-refractivity contribution in [1.82, 2.24) is 19.8 Å². The van der Waals surface area contributed by atoms with Crippen molar-refractivity contribution in [1.29, 1.82) is 0 Å². The van der Waals surface area contributed by atoms with E-state index < -0.39 is 5.60 Å². The van der Waals surface area contributed by atoms with Crippen LogP contribution < -0.4 is 9.64 Å². The third kappa shape index (κ3) is 5.72. The standard InChI is InChI=1S/C29H35N5O4/c1-21-6-11-24-27(31-21)25(12-14-30-24)34-16-4-13-29(37,20-34)19-32(2)28(36)22-7-9-23(10-8-22)38-18-17-33-15-3-5-26(33)35/h6-12,14,37H,3-5,13,15-20H2,1-2H3/t29-/m1/s1. The number of β-amino-alcohol motifs (C(OH)–C–C–N with tert-alkyl or cyclic N) is 1. The van der Waals surface area contributed by atoms with Crippen LogP contribution in [0.4, 0.5) is 5.69 Å². The van der Waals surface area contributed by atoms with Crippen molar-refractivity contribution in [3.63, 3.8) is 0 Å². The zero-order chi connectivity index (χ0) is 26.7. The Bertz CT molecular complexity index is 1310. The lowest BCUT2D eigenvalue weighted by Crippen LogP contribution is -2.54. The summed E-state index contributed by atoms with van der Waals surface area (Å²) in [5.74, 6) is 0.684. The number of likely N-dealkylation sites (tertiary alicyclic amines) is 1. The maximum atomic E-state index is 13.2. The quantitative estimate of drug-likeness (QED) is 0.490. The minimum absolute atomic E-state index is 0.156. The summed E-state index contributed by atoms with van der Waals surface area (Å²) in [6.07, 6.45) is 4.73. The number of carbonyl (C=O) groups is 2. The molecule has 2 aromatic heterocycles. The Morgan fingerprint density at radius 2 is 1.95 bits per heavy atom. The van der Waals surface area contributed by atoms with Crippen molar-refractivity contribution in [3.05, 3.63) is 59.9 Å². The van der Waals surface area contributed by atoms with Gasteiger partial charge in [-0.15, -0.1) is 0 Å². The van der Waals surface area contributed by atoms with Gasteiger partial charge in [-0.3, -0.25) is 14.6 Å². The summed E-state index contributed by atoms with van der Waals surface area (Å²) in [5.41, 5.74) is 3.02. The molecule has 1 aromatic carbocycles. The molecule has 0 aliphatic carbocycles. The minimum atomic E-state index is -1.04. The summed E-state index contributed by atoms with van der Waals surface area (Å²) in [5, 5.41) is 11.5. The Kier molecular flexibility index (Phi) is 7.46. The zero-order valence-corrected chi connectivity index (χ0v) is 22.1. The van der Waals surface area contributed by atoms with E-state index in [2.05, 4.69) is 9.88 Å². The number of benzene rings is 1. The van der Waals surface area contributed by atoms with Crippen LogP contribution in [0.3, 0.4) is 0 Å². The first-order chi connectivity index (χ1) is 18.3. The topological polar surface area (TPSA) is 99.1 Å². The predicted octanol–water partition coefficient (Wildman–Crippen LogP) is 3.04. The summed E-state index contributed by atoms with van der Waals surface area (Å²) in [6, 6.07) is 12.9. The molecule has 2 amide bonds. The van der Waals surface area contributed by atoms with E-state index in [1.54, 1.807) is 42.4 Å². The molecule has 2 saturated heterocycles. The summed E-state index contributed by atoms with van der Waals surface area (Å²) in [4.78, 5) is 39.6. The molecular weight excluding hydrogens is 482 g/mol. The number of likely N-dealkylation sites (N-methyl/N-ethyl adjacent to an activating group) is 1. The van der Waals surface area contributed by atoms with Gasteiger partial charge in [0.15, 0.2) is 0 Å². The normalized spacial score (nSPS) is 19.7. The maximum Gasteiger partial charge on any atom is 0.253 e. The number of ether oxygens (including phenoxy) is 1. The fourth-order valence-electron chi connectivity index (χ4n) is 5.45. The second-order valence-electron chi connectivity index (χ2n) is 10.4. The van der Waals surface area contributed by atoms with Crippen LogP contribution in [0.1, 0.15) is 41.7 Å². The lowest BCUT2D eigenvalue weighted by Gasteiger charge is -2.42. The van der Waals surface area contributed by atoms with E-state index in [9.17, 15) is 14.7 Å². The second-order valence-corrected chi connectivity index (χ2v) is 10.4. The van der Waals surface area contributed by atoms with Crippen LogP contribution in [0.15, 0.2) is 48.7 Å². The molecule has 2 fully saturated rings. The van der Waals surface area contributed by atoms with E-state index in [-0.39, 0.29) is 18.4 Å². The predicted molar refractivity (Wildman–Crippen MR) is 145 cm³/mol. The average molecular weight is 518 g/mol. The molecule has 5 rings (SSSR count). The van der Waals surface area contributed by atoms with Crippen molar-refractivity contribution in [2.75, 3.05) is 51.3 Å². The molecule has 2 aliphatic rings. The summed E-state index contributed by atoms with van der Waals surface area (Å²) < 4.78 is 5.77. The minimum Gasteiger partial charge on any atom is -0.492 e. The molecule has 0 spiro atoms. The second kappa shape index (κ2) is 10.9. The summed E-state index contributed by atoms with van der Waals surface area (Å²) in [6.45, 7) is 5.18. The Morgan fingerprint density at radius 3 is 2.71 bits per heavy atom. The molecule has 38 heavy (non-hydrogen) atoms. The number of amides is 2. The van der Waals surface area contributed by atoms with Crippen LogP contribution in [-0.4, -0.2) is 88.7 Å². The average Bonchev–Trinajstić information content (AvgIpc) is 3.32. The number of fused-ring (bicyclic) bond motifs is 1. The third-order valence-electron chi connectivity index (χ3n) is 7.38.